The maximum atomic E-state index is 12.2. The molecule has 0 aliphatic heterocycles. The predicted octanol–water partition coefficient (Wildman–Crippen LogP) is 2.14. The molecule has 1 amide bonds. The Morgan fingerprint density at radius 3 is 2.43 bits per heavy atom. The molecule has 0 aliphatic rings. The van der Waals surface area contributed by atoms with E-state index in [0.29, 0.717) is 11.3 Å². The third kappa shape index (κ3) is 3.01. The second-order valence-electron chi connectivity index (χ2n) is 4.18. The van der Waals surface area contributed by atoms with Crippen LogP contribution in [0.1, 0.15) is 16.1 Å². The van der Waals surface area contributed by atoms with Crippen molar-refractivity contribution in [3.8, 4) is 6.07 Å². The second-order valence-corrected chi connectivity index (χ2v) is 4.18. The van der Waals surface area contributed by atoms with Gasteiger partial charge in [0.05, 0.1) is 10.5 Å². The van der Waals surface area contributed by atoms with Crippen LogP contribution in [-0.2, 0) is 0 Å². The fraction of sp³-hybridized carbons (Fsp3) is 0.0714. The molecule has 1 aromatic heterocycles. The maximum Gasteiger partial charge on any atom is 0.276 e. The highest BCUT2D eigenvalue weighted by Crippen LogP contribution is 2.19. The quantitative estimate of drug-likeness (QED) is 0.634. The third-order valence-corrected chi connectivity index (χ3v) is 2.86. The number of nitro groups is 1. The standard InChI is InChI=1S/C14H10N4O3/c1-17(11-3-5-12(6-4-11)18(20)21)14(19)13-7-2-10(8-15)9-16-13/h2-7,9H,1H3. The van der Waals surface area contributed by atoms with Crippen LogP contribution in [0.4, 0.5) is 11.4 Å². The Bertz CT molecular complexity index is 717. The van der Waals surface area contributed by atoms with Crippen LogP contribution in [0, 0.1) is 21.4 Å². The SMILES string of the molecule is CN(C(=O)c1ccc(C#N)cn1)c1ccc([N+](=O)[O-])cc1. The van der Waals surface area contributed by atoms with Gasteiger partial charge in [-0.05, 0) is 24.3 Å². The molecule has 0 saturated carbocycles. The van der Waals surface area contributed by atoms with Gasteiger partial charge in [-0.1, -0.05) is 0 Å². The molecule has 1 heterocycles. The highest BCUT2D eigenvalue weighted by Gasteiger charge is 2.15. The molecule has 2 rings (SSSR count). The van der Waals surface area contributed by atoms with Gasteiger partial charge in [-0.15, -0.1) is 0 Å². The van der Waals surface area contributed by atoms with Crippen LogP contribution < -0.4 is 4.90 Å². The summed E-state index contributed by atoms with van der Waals surface area (Å²) in [5.74, 6) is -0.367. The number of carbonyl (C=O) groups is 1. The van der Waals surface area contributed by atoms with Crippen LogP contribution in [0.25, 0.3) is 0 Å². The monoisotopic (exact) mass is 282 g/mol. The number of anilines is 1. The molecule has 0 radical (unpaired) electrons. The molecule has 104 valence electrons. The van der Waals surface area contributed by atoms with Crippen LogP contribution in [-0.4, -0.2) is 22.9 Å². The summed E-state index contributed by atoms with van der Waals surface area (Å²) in [4.78, 5) is 27.5. The van der Waals surface area contributed by atoms with Crippen LogP contribution in [0.15, 0.2) is 42.6 Å². The molecule has 0 saturated heterocycles. The molecule has 21 heavy (non-hydrogen) atoms. The summed E-state index contributed by atoms with van der Waals surface area (Å²) in [6.45, 7) is 0. The van der Waals surface area contributed by atoms with Gasteiger partial charge in [-0.2, -0.15) is 5.26 Å². The van der Waals surface area contributed by atoms with Crippen molar-refractivity contribution < 1.29 is 9.72 Å². The topological polar surface area (TPSA) is 100 Å². The van der Waals surface area contributed by atoms with Gasteiger partial charge in [-0.25, -0.2) is 4.98 Å². The summed E-state index contributed by atoms with van der Waals surface area (Å²) >= 11 is 0. The molecular weight excluding hydrogens is 272 g/mol. The number of carbonyl (C=O) groups excluding carboxylic acids is 1. The summed E-state index contributed by atoms with van der Waals surface area (Å²) in [6.07, 6.45) is 1.32. The molecule has 0 atom stereocenters. The predicted molar refractivity (Wildman–Crippen MR) is 74.8 cm³/mol. The minimum atomic E-state index is -0.506. The van der Waals surface area contributed by atoms with Gasteiger partial charge in [0.15, 0.2) is 0 Å². The van der Waals surface area contributed by atoms with Gasteiger partial charge >= 0.3 is 0 Å². The van der Waals surface area contributed by atoms with Gasteiger partial charge in [0.2, 0.25) is 0 Å². The number of non-ortho nitro benzene ring substituents is 1. The number of hydrogen-bond donors (Lipinski definition) is 0. The lowest BCUT2D eigenvalue weighted by atomic mass is 10.2. The number of benzene rings is 1. The Morgan fingerprint density at radius 1 is 1.29 bits per heavy atom. The Hall–Kier alpha value is -3.27. The van der Waals surface area contributed by atoms with Gasteiger partial charge in [0.25, 0.3) is 11.6 Å². The third-order valence-electron chi connectivity index (χ3n) is 2.86. The lowest BCUT2D eigenvalue weighted by Gasteiger charge is -2.16. The fourth-order valence-corrected chi connectivity index (χ4v) is 1.67. The van der Waals surface area contributed by atoms with E-state index in [0.717, 1.165) is 0 Å². The van der Waals surface area contributed by atoms with Crippen LogP contribution in [0.5, 0.6) is 0 Å². The molecule has 0 spiro atoms. The largest absolute Gasteiger partial charge is 0.310 e. The molecule has 7 heteroatoms. The van der Waals surface area contributed by atoms with E-state index in [2.05, 4.69) is 4.98 Å². The van der Waals surface area contributed by atoms with Crippen molar-refractivity contribution >= 4 is 17.3 Å². The second kappa shape index (κ2) is 5.79. The summed E-state index contributed by atoms with van der Waals surface area (Å²) < 4.78 is 0. The van der Waals surface area contributed by atoms with E-state index in [1.54, 1.807) is 7.05 Å². The molecular formula is C14H10N4O3. The molecule has 0 bridgehead atoms. The van der Waals surface area contributed by atoms with Crippen molar-refractivity contribution in [2.75, 3.05) is 11.9 Å². The molecule has 2 aromatic rings. The van der Waals surface area contributed by atoms with E-state index in [4.69, 9.17) is 5.26 Å². The van der Waals surface area contributed by atoms with Crippen molar-refractivity contribution in [3.05, 3.63) is 64.0 Å². The van der Waals surface area contributed by atoms with Gasteiger partial charge in [0.1, 0.15) is 11.8 Å². The zero-order valence-electron chi connectivity index (χ0n) is 11.1. The van der Waals surface area contributed by atoms with E-state index in [1.165, 1.54) is 47.5 Å². The zero-order chi connectivity index (χ0) is 15.4. The number of nitriles is 1. The Labute approximate surface area is 120 Å². The van der Waals surface area contributed by atoms with Crippen molar-refractivity contribution in [2.24, 2.45) is 0 Å². The molecule has 0 aliphatic carbocycles. The Balaban J connectivity index is 2.21. The van der Waals surface area contributed by atoms with E-state index in [1.807, 2.05) is 6.07 Å². The fourth-order valence-electron chi connectivity index (χ4n) is 1.67. The maximum absolute atomic E-state index is 12.2. The normalized spacial score (nSPS) is 9.71. The van der Waals surface area contributed by atoms with Crippen molar-refractivity contribution in [1.82, 2.24) is 4.98 Å². The zero-order valence-corrected chi connectivity index (χ0v) is 11.1. The van der Waals surface area contributed by atoms with Crippen LogP contribution in [0.2, 0.25) is 0 Å². The number of rotatable bonds is 3. The minimum Gasteiger partial charge on any atom is -0.310 e. The van der Waals surface area contributed by atoms with Crippen molar-refractivity contribution in [3.63, 3.8) is 0 Å². The Morgan fingerprint density at radius 2 is 1.95 bits per heavy atom. The first-order valence-corrected chi connectivity index (χ1v) is 5.91. The van der Waals surface area contributed by atoms with E-state index in [-0.39, 0.29) is 17.3 Å². The minimum absolute atomic E-state index is 0.0453. The average Bonchev–Trinajstić information content (AvgIpc) is 2.53. The number of aromatic nitrogens is 1. The number of nitro benzene ring substituents is 1. The Kier molecular flexibility index (Phi) is 3.90. The molecule has 0 unspecified atom stereocenters. The molecule has 1 aromatic carbocycles. The summed E-state index contributed by atoms with van der Waals surface area (Å²) in [7, 11) is 1.55. The highest BCUT2D eigenvalue weighted by atomic mass is 16.6. The van der Waals surface area contributed by atoms with E-state index < -0.39 is 4.92 Å². The summed E-state index contributed by atoms with van der Waals surface area (Å²) in [6, 6.07) is 10.5. The molecule has 7 nitrogen and oxygen atoms in total. The molecule has 0 fully saturated rings. The first kappa shape index (κ1) is 14.1. The van der Waals surface area contributed by atoms with Gasteiger partial charge < -0.3 is 4.90 Å². The number of amides is 1. The summed E-state index contributed by atoms with van der Waals surface area (Å²) in [5.41, 5.74) is 1.02. The van der Waals surface area contributed by atoms with Crippen molar-refractivity contribution in [2.45, 2.75) is 0 Å². The summed E-state index contributed by atoms with van der Waals surface area (Å²) in [5, 5.41) is 19.3. The lowest BCUT2D eigenvalue weighted by Crippen LogP contribution is -2.27. The van der Waals surface area contributed by atoms with E-state index in [9.17, 15) is 14.9 Å². The first-order chi connectivity index (χ1) is 10.0. The van der Waals surface area contributed by atoms with E-state index >= 15 is 0 Å². The lowest BCUT2D eigenvalue weighted by molar-refractivity contribution is -0.384. The number of nitrogens with zero attached hydrogens (tertiary/aromatic N) is 4. The highest BCUT2D eigenvalue weighted by molar-refractivity contribution is 6.04. The number of pyridine rings is 1. The van der Waals surface area contributed by atoms with Crippen LogP contribution in [0.3, 0.4) is 0 Å². The smallest absolute Gasteiger partial charge is 0.276 e. The van der Waals surface area contributed by atoms with Crippen molar-refractivity contribution in [1.29, 1.82) is 5.26 Å². The number of hydrogen-bond acceptors (Lipinski definition) is 5. The molecule has 0 N–H and O–H groups in total. The average molecular weight is 282 g/mol. The van der Waals surface area contributed by atoms with Gasteiger partial charge in [-0.3, -0.25) is 14.9 Å². The first-order valence-electron chi connectivity index (χ1n) is 5.91. The van der Waals surface area contributed by atoms with Gasteiger partial charge in [0, 0.05) is 31.1 Å². The van der Waals surface area contributed by atoms with Crippen LogP contribution >= 0.6 is 0 Å².